The number of halogens is 1. The number of benzene rings is 2. The minimum Gasteiger partial charge on any atom is -0.337 e. The highest BCUT2D eigenvalue weighted by atomic mass is 35.5. The number of para-hydroxylation sites is 1. The van der Waals surface area contributed by atoms with E-state index < -0.39 is 0 Å². The Balaban J connectivity index is 1.50. The number of hydrogen-bond donors (Lipinski definition) is 1. The molecule has 2 aromatic carbocycles. The third kappa shape index (κ3) is 3.44. The van der Waals surface area contributed by atoms with Crippen LogP contribution in [-0.4, -0.2) is 44.1 Å². The lowest BCUT2D eigenvalue weighted by Crippen LogP contribution is -2.43. The summed E-state index contributed by atoms with van der Waals surface area (Å²) in [6, 6.07) is 12.3. The molecule has 1 aliphatic carbocycles. The van der Waals surface area contributed by atoms with Crippen LogP contribution < -0.4 is 5.73 Å². The van der Waals surface area contributed by atoms with Gasteiger partial charge in [-0.15, -0.1) is 0 Å². The first-order valence-electron chi connectivity index (χ1n) is 11.7. The Morgan fingerprint density at radius 1 is 1.24 bits per heavy atom. The molecule has 1 fully saturated rings. The van der Waals surface area contributed by atoms with Crippen LogP contribution in [0.4, 0.5) is 0 Å². The van der Waals surface area contributed by atoms with E-state index in [2.05, 4.69) is 34.4 Å². The van der Waals surface area contributed by atoms with Gasteiger partial charge in [-0.1, -0.05) is 23.7 Å². The molecule has 1 atom stereocenters. The first-order valence-corrected chi connectivity index (χ1v) is 12.1. The Kier molecular flexibility index (Phi) is 4.78. The molecule has 0 saturated heterocycles. The Morgan fingerprint density at radius 3 is 2.82 bits per heavy atom. The van der Waals surface area contributed by atoms with Crippen LogP contribution in [0.1, 0.15) is 35.7 Å². The summed E-state index contributed by atoms with van der Waals surface area (Å²) in [5.41, 5.74) is 11.8. The summed E-state index contributed by atoms with van der Waals surface area (Å²) in [7, 11) is 2.06. The van der Waals surface area contributed by atoms with Crippen molar-refractivity contribution in [1.82, 2.24) is 19.0 Å². The maximum atomic E-state index is 13.1. The minimum absolute atomic E-state index is 0.0408. The maximum absolute atomic E-state index is 13.1. The standard InChI is InChI=1S/C26H28ClN5O/c1-15(28)13-31-9-8-17-10-22-21(12-19(17)26(31)33)29-25(30(22)2)23-11-18-4-3-5-20(27)24(18)32(23)14-16-6-7-16/h3-5,10-12,15-16H,6-9,13-14,28H2,1-2H3/t15-/m1/s1. The number of rotatable bonds is 5. The fraction of sp³-hybridized carbons (Fsp3) is 0.385. The Labute approximate surface area is 197 Å². The van der Waals surface area contributed by atoms with Gasteiger partial charge in [0.2, 0.25) is 0 Å². The molecule has 2 aromatic heterocycles. The largest absolute Gasteiger partial charge is 0.337 e. The fourth-order valence-electron chi connectivity index (χ4n) is 5.18. The topological polar surface area (TPSA) is 69.1 Å². The van der Waals surface area contributed by atoms with Gasteiger partial charge in [0.15, 0.2) is 5.82 Å². The summed E-state index contributed by atoms with van der Waals surface area (Å²) in [6.45, 7) is 4.17. The highest BCUT2D eigenvalue weighted by Gasteiger charge is 2.28. The molecule has 7 heteroatoms. The highest BCUT2D eigenvalue weighted by molar-refractivity contribution is 6.35. The average molecular weight is 462 g/mol. The van der Waals surface area contributed by atoms with Crippen LogP contribution in [-0.2, 0) is 20.0 Å². The van der Waals surface area contributed by atoms with E-state index in [1.165, 1.54) is 12.8 Å². The molecular formula is C26H28ClN5O. The number of imidazole rings is 1. The van der Waals surface area contributed by atoms with Crippen LogP contribution >= 0.6 is 11.6 Å². The number of carbonyl (C=O) groups is 1. The van der Waals surface area contributed by atoms with Crippen LogP contribution in [0.5, 0.6) is 0 Å². The highest BCUT2D eigenvalue weighted by Crippen LogP contribution is 2.38. The number of nitrogens with zero attached hydrogens (tertiary/aromatic N) is 4. The number of fused-ring (bicyclic) bond motifs is 3. The fourth-order valence-corrected chi connectivity index (χ4v) is 5.46. The van der Waals surface area contributed by atoms with E-state index in [0.717, 1.165) is 62.6 Å². The molecule has 0 bridgehead atoms. The molecule has 1 aliphatic heterocycles. The van der Waals surface area contributed by atoms with Gasteiger partial charge in [0.1, 0.15) is 0 Å². The Hall–Kier alpha value is -2.83. The zero-order valence-corrected chi connectivity index (χ0v) is 19.8. The van der Waals surface area contributed by atoms with Crippen LogP contribution in [0.2, 0.25) is 5.02 Å². The summed E-state index contributed by atoms with van der Waals surface area (Å²) in [6.07, 6.45) is 3.36. The second kappa shape index (κ2) is 7.61. The molecule has 0 spiro atoms. The number of carbonyl (C=O) groups excluding carboxylic acids is 1. The first kappa shape index (κ1) is 20.8. The van der Waals surface area contributed by atoms with Crippen LogP contribution in [0.3, 0.4) is 0 Å². The van der Waals surface area contributed by atoms with Crippen molar-refractivity contribution in [3.05, 3.63) is 52.5 Å². The van der Waals surface area contributed by atoms with E-state index in [0.29, 0.717) is 19.0 Å². The second-order valence-corrected chi connectivity index (χ2v) is 10.1. The zero-order valence-electron chi connectivity index (χ0n) is 19.0. The molecule has 0 unspecified atom stereocenters. The predicted molar refractivity (Wildman–Crippen MR) is 133 cm³/mol. The van der Waals surface area contributed by atoms with E-state index in [9.17, 15) is 4.79 Å². The number of amides is 1. The lowest BCUT2D eigenvalue weighted by Gasteiger charge is -2.29. The predicted octanol–water partition coefficient (Wildman–Crippen LogP) is 4.60. The van der Waals surface area contributed by atoms with E-state index >= 15 is 0 Å². The molecular weight excluding hydrogens is 434 g/mol. The molecule has 1 amide bonds. The van der Waals surface area contributed by atoms with Gasteiger partial charge in [-0.3, -0.25) is 4.79 Å². The van der Waals surface area contributed by atoms with Crippen molar-refractivity contribution in [2.24, 2.45) is 18.7 Å². The van der Waals surface area contributed by atoms with Crippen LogP contribution in [0, 0.1) is 5.92 Å². The van der Waals surface area contributed by atoms with E-state index in [-0.39, 0.29) is 11.9 Å². The summed E-state index contributed by atoms with van der Waals surface area (Å²) in [5.74, 6) is 1.66. The molecule has 0 radical (unpaired) electrons. The molecule has 2 N–H and O–H groups in total. The number of aromatic nitrogens is 3. The number of hydrogen-bond acceptors (Lipinski definition) is 3. The molecule has 6 nitrogen and oxygen atoms in total. The zero-order chi connectivity index (χ0) is 22.9. The molecule has 33 heavy (non-hydrogen) atoms. The van der Waals surface area contributed by atoms with E-state index in [1.807, 2.05) is 30.0 Å². The van der Waals surface area contributed by atoms with Crippen molar-refractivity contribution >= 4 is 39.4 Å². The number of nitrogens with two attached hydrogens (primary N) is 1. The van der Waals surface area contributed by atoms with Gasteiger partial charge in [0.25, 0.3) is 5.91 Å². The van der Waals surface area contributed by atoms with Crippen molar-refractivity contribution in [2.45, 2.75) is 38.8 Å². The summed E-state index contributed by atoms with van der Waals surface area (Å²) < 4.78 is 4.49. The van der Waals surface area contributed by atoms with Gasteiger partial charge >= 0.3 is 0 Å². The molecule has 4 aromatic rings. The summed E-state index contributed by atoms with van der Waals surface area (Å²) in [4.78, 5) is 20.0. The first-order chi connectivity index (χ1) is 15.9. The molecule has 3 heterocycles. The van der Waals surface area contributed by atoms with Gasteiger partial charge in [-0.25, -0.2) is 4.98 Å². The van der Waals surface area contributed by atoms with Crippen LogP contribution in [0.15, 0.2) is 36.4 Å². The molecule has 170 valence electrons. The molecule has 1 saturated carbocycles. The number of aryl methyl sites for hydroxylation is 1. The lowest BCUT2D eigenvalue weighted by molar-refractivity contribution is 0.0732. The van der Waals surface area contributed by atoms with E-state index in [1.54, 1.807) is 0 Å². The summed E-state index contributed by atoms with van der Waals surface area (Å²) in [5, 5.41) is 1.90. The van der Waals surface area contributed by atoms with E-state index in [4.69, 9.17) is 22.3 Å². The SMILES string of the molecule is C[C@@H](N)CN1CCc2cc3c(cc2C1=O)nc(-c1cc2cccc(Cl)c2n1CC1CC1)n3C. The van der Waals surface area contributed by atoms with Gasteiger partial charge in [-0.2, -0.15) is 0 Å². The van der Waals surface area contributed by atoms with Crippen molar-refractivity contribution in [1.29, 1.82) is 0 Å². The Bertz CT molecular complexity index is 1410. The second-order valence-electron chi connectivity index (χ2n) is 9.73. The van der Waals surface area contributed by atoms with Crippen molar-refractivity contribution in [3.63, 3.8) is 0 Å². The maximum Gasteiger partial charge on any atom is 0.254 e. The third-order valence-electron chi connectivity index (χ3n) is 7.02. The van der Waals surface area contributed by atoms with Crippen LogP contribution in [0.25, 0.3) is 33.5 Å². The quantitative estimate of drug-likeness (QED) is 0.472. The van der Waals surface area contributed by atoms with Crippen molar-refractivity contribution in [3.8, 4) is 11.5 Å². The monoisotopic (exact) mass is 461 g/mol. The van der Waals surface area contributed by atoms with Gasteiger partial charge in [0.05, 0.1) is 27.3 Å². The lowest BCUT2D eigenvalue weighted by atomic mass is 9.97. The Morgan fingerprint density at radius 2 is 2.06 bits per heavy atom. The molecule has 2 aliphatic rings. The van der Waals surface area contributed by atoms with Crippen molar-refractivity contribution in [2.75, 3.05) is 13.1 Å². The average Bonchev–Trinajstić information content (AvgIpc) is 3.44. The van der Waals surface area contributed by atoms with Gasteiger partial charge in [0, 0.05) is 43.7 Å². The summed E-state index contributed by atoms with van der Waals surface area (Å²) >= 11 is 6.64. The third-order valence-corrected chi connectivity index (χ3v) is 7.33. The van der Waals surface area contributed by atoms with Gasteiger partial charge < -0.3 is 19.8 Å². The van der Waals surface area contributed by atoms with Gasteiger partial charge in [-0.05, 0) is 61.9 Å². The smallest absolute Gasteiger partial charge is 0.254 e. The molecule has 6 rings (SSSR count). The normalized spacial score (nSPS) is 17.2. The van der Waals surface area contributed by atoms with Crippen molar-refractivity contribution < 1.29 is 4.79 Å². The minimum atomic E-state index is -0.0408.